The fourth-order valence-electron chi connectivity index (χ4n) is 1.43. The van der Waals surface area contributed by atoms with Crippen molar-refractivity contribution in [1.29, 1.82) is 5.26 Å². The normalized spacial score (nSPS) is 10.0. The highest BCUT2D eigenvalue weighted by molar-refractivity contribution is 6.42. The lowest BCUT2D eigenvalue weighted by Gasteiger charge is -2.10. The van der Waals surface area contributed by atoms with E-state index in [4.69, 9.17) is 38.9 Å². The molecule has 0 amide bonds. The predicted octanol–water partition coefficient (Wildman–Crippen LogP) is 4.38. The Kier molecular flexibility index (Phi) is 3.79. The molecule has 0 spiro atoms. The topological polar surface area (TPSA) is 59.0 Å². The second kappa shape index (κ2) is 5.35. The Morgan fingerprint density at radius 2 is 1.79 bits per heavy atom. The fourth-order valence-corrected chi connectivity index (χ4v) is 1.76. The highest BCUT2D eigenvalue weighted by Crippen LogP contribution is 2.36. The van der Waals surface area contributed by atoms with Gasteiger partial charge >= 0.3 is 0 Å². The quantitative estimate of drug-likeness (QED) is 0.837. The van der Waals surface area contributed by atoms with Gasteiger partial charge in [0.25, 0.3) is 0 Å². The third kappa shape index (κ3) is 2.90. The van der Waals surface area contributed by atoms with Crippen molar-refractivity contribution in [2.75, 3.05) is 5.73 Å². The molecule has 0 aliphatic rings. The van der Waals surface area contributed by atoms with Crippen LogP contribution in [0.2, 0.25) is 10.0 Å². The van der Waals surface area contributed by atoms with E-state index in [0.717, 1.165) is 6.07 Å². The number of benzene rings is 2. The van der Waals surface area contributed by atoms with Crippen LogP contribution in [-0.2, 0) is 0 Å². The predicted molar refractivity (Wildman–Crippen MR) is 72.1 cm³/mol. The van der Waals surface area contributed by atoms with Gasteiger partial charge in [-0.25, -0.2) is 4.39 Å². The van der Waals surface area contributed by atoms with Gasteiger partial charge in [-0.05, 0) is 24.3 Å². The zero-order chi connectivity index (χ0) is 14.0. The van der Waals surface area contributed by atoms with Gasteiger partial charge in [-0.15, -0.1) is 0 Å². The number of hydrogen-bond donors (Lipinski definition) is 1. The Balaban J connectivity index is 2.42. The first kappa shape index (κ1) is 13.5. The van der Waals surface area contributed by atoms with Gasteiger partial charge in [0, 0.05) is 6.07 Å². The molecule has 6 heteroatoms. The van der Waals surface area contributed by atoms with Crippen LogP contribution >= 0.6 is 23.2 Å². The molecule has 0 heterocycles. The molecule has 2 aromatic carbocycles. The van der Waals surface area contributed by atoms with Gasteiger partial charge in [0.1, 0.15) is 17.6 Å². The number of hydrogen-bond acceptors (Lipinski definition) is 3. The monoisotopic (exact) mass is 296 g/mol. The van der Waals surface area contributed by atoms with Crippen LogP contribution in [0.15, 0.2) is 30.3 Å². The second-order valence-corrected chi connectivity index (χ2v) is 4.47. The Hall–Kier alpha value is -1.96. The van der Waals surface area contributed by atoms with Gasteiger partial charge in [-0.2, -0.15) is 5.26 Å². The Morgan fingerprint density at radius 3 is 2.47 bits per heavy atom. The van der Waals surface area contributed by atoms with E-state index in [0.29, 0.717) is 5.02 Å². The van der Waals surface area contributed by atoms with E-state index < -0.39 is 5.82 Å². The molecule has 2 rings (SSSR count). The molecule has 0 bridgehead atoms. The SMILES string of the molecule is N#Cc1cc(F)ccc1Oc1cc(Cl)c(Cl)cc1N. The molecule has 0 saturated carbocycles. The van der Waals surface area contributed by atoms with Gasteiger partial charge in [0.2, 0.25) is 0 Å². The van der Waals surface area contributed by atoms with E-state index in [1.54, 1.807) is 0 Å². The highest BCUT2D eigenvalue weighted by Gasteiger charge is 2.10. The van der Waals surface area contributed by atoms with Crippen LogP contribution in [0, 0.1) is 17.1 Å². The summed E-state index contributed by atoms with van der Waals surface area (Å²) in [4.78, 5) is 0. The summed E-state index contributed by atoms with van der Waals surface area (Å²) in [5.74, 6) is -0.0856. The first-order valence-corrected chi connectivity index (χ1v) is 5.89. The summed E-state index contributed by atoms with van der Waals surface area (Å²) in [6.07, 6.45) is 0. The molecule has 96 valence electrons. The van der Waals surface area contributed by atoms with E-state index in [-0.39, 0.29) is 27.8 Å². The number of nitrogens with zero attached hydrogens (tertiary/aromatic N) is 1. The molecule has 0 aliphatic heterocycles. The van der Waals surface area contributed by atoms with Crippen LogP contribution in [0.25, 0.3) is 0 Å². The molecular weight excluding hydrogens is 290 g/mol. The van der Waals surface area contributed by atoms with E-state index in [1.165, 1.54) is 24.3 Å². The van der Waals surface area contributed by atoms with Crippen LogP contribution in [0.4, 0.5) is 10.1 Å². The lowest BCUT2D eigenvalue weighted by atomic mass is 10.2. The molecule has 0 saturated heterocycles. The maximum Gasteiger partial charge on any atom is 0.151 e. The highest BCUT2D eigenvalue weighted by atomic mass is 35.5. The Bertz CT molecular complexity index is 683. The van der Waals surface area contributed by atoms with Crippen molar-refractivity contribution >= 4 is 28.9 Å². The lowest BCUT2D eigenvalue weighted by molar-refractivity contribution is 0.481. The van der Waals surface area contributed by atoms with Gasteiger partial charge in [-0.1, -0.05) is 23.2 Å². The average molecular weight is 297 g/mol. The van der Waals surface area contributed by atoms with Crippen LogP contribution < -0.4 is 10.5 Å². The summed E-state index contributed by atoms with van der Waals surface area (Å²) in [6, 6.07) is 8.31. The number of halogens is 3. The van der Waals surface area contributed by atoms with Crippen molar-refractivity contribution in [2.45, 2.75) is 0 Å². The van der Waals surface area contributed by atoms with Crippen molar-refractivity contribution in [3.05, 3.63) is 51.8 Å². The Labute approximate surface area is 118 Å². The number of nitrogens with two attached hydrogens (primary N) is 1. The molecule has 19 heavy (non-hydrogen) atoms. The molecule has 0 radical (unpaired) electrons. The molecule has 2 N–H and O–H groups in total. The maximum absolute atomic E-state index is 13.0. The fraction of sp³-hybridized carbons (Fsp3) is 0. The summed E-state index contributed by atoms with van der Waals surface area (Å²) in [6.45, 7) is 0. The van der Waals surface area contributed by atoms with Gasteiger partial charge < -0.3 is 10.5 Å². The third-order valence-electron chi connectivity index (χ3n) is 2.33. The lowest BCUT2D eigenvalue weighted by Crippen LogP contribution is -1.94. The number of anilines is 1. The molecule has 3 nitrogen and oxygen atoms in total. The molecule has 0 aromatic heterocycles. The third-order valence-corrected chi connectivity index (χ3v) is 3.06. The maximum atomic E-state index is 13.0. The van der Waals surface area contributed by atoms with Crippen LogP contribution in [0.5, 0.6) is 11.5 Å². The minimum absolute atomic E-state index is 0.0606. The first-order chi connectivity index (χ1) is 9.01. The Morgan fingerprint density at radius 1 is 1.11 bits per heavy atom. The molecule has 0 aliphatic carbocycles. The molecule has 0 unspecified atom stereocenters. The number of rotatable bonds is 2. The van der Waals surface area contributed by atoms with Crippen molar-refractivity contribution in [2.24, 2.45) is 0 Å². The van der Waals surface area contributed by atoms with E-state index >= 15 is 0 Å². The standard InChI is InChI=1S/C13H7Cl2FN2O/c14-9-4-11(18)13(5-10(9)15)19-12-2-1-8(16)3-7(12)6-17/h1-5H,18H2. The minimum Gasteiger partial charge on any atom is -0.454 e. The van der Waals surface area contributed by atoms with Crippen molar-refractivity contribution in [3.63, 3.8) is 0 Å². The van der Waals surface area contributed by atoms with Gasteiger partial charge in [0.05, 0.1) is 21.3 Å². The van der Waals surface area contributed by atoms with Crippen LogP contribution in [0.1, 0.15) is 5.56 Å². The van der Waals surface area contributed by atoms with Crippen molar-refractivity contribution < 1.29 is 9.13 Å². The molecule has 0 fully saturated rings. The van der Waals surface area contributed by atoms with Crippen molar-refractivity contribution in [3.8, 4) is 17.6 Å². The summed E-state index contributed by atoms with van der Waals surface area (Å²) in [7, 11) is 0. The smallest absolute Gasteiger partial charge is 0.151 e. The molecule has 2 aromatic rings. The van der Waals surface area contributed by atoms with Gasteiger partial charge in [-0.3, -0.25) is 0 Å². The van der Waals surface area contributed by atoms with Gasteiger partial charge in [0.15, 0.2) is 5.75 Å². The molecule has 0 atom stereocenters. The number of ether oxygens (including phenoxy) is 1. The largest absolute Gasteiger partial charge is 0.454 e. The summed E-state index contributed by atoms with van der Waals surface area (Å²) in [5.41, 5.74) is 6.06. The summed E-state index contributed by atoms with van der Waals surface area (Å²) < 4.78 is 18.5. The first-order valence-electron chi connectivity index (χ1n) is 5.13. The second-order valence-electron chi connectivity index (χ2n) is 3.66. The number of nitrogen functional groups attached to an aromatic ring is 1. The zero-order valence-corrected chi connectivity index (χ0v) is 11.0. The summed E-state index contributed by atoms with van der Waals surface area (Å²) >= 11 is 11.7. The zero-order valence-electron chi connectivity index (χ0n) is 9.45. The average Bonchev–Trinajstić information content (AvgIpc) is 2.37. The van der Waals surface area contributed by atoms with Crippen molar-refractivity contribution in [1.82, 2.24) is 0 Å². The van der Waals surface area contributed by atoms with Crippen LogP contribution in [-0.4, -0.2) is 0 Å². The summed E-state index contributed by atoms with van der Waals surface area (Å²) in [5, 5.41) is 9.48. The number of nitriles is 1. The van der Waals surface area contributed by atoms with Crippen LogP contribution in [0.3, 0.4) is 0 Å². The van der Waals surface area contributed by atoms with E-state index in [1.807, 2.05) is 6.07 Å². The van der Waals surface area contributed by atoms with E-state index in [9.17, 15) is 4.39 Å². The van der Waals surface area contributed by atoms with E-state index in [2.05, 4.69) is 0 Å². The minimum atomic E-state index is -0.522. The molecular formula is C13H7Cl2FN2O.